The number of carbonyl (C=O) groups excluding carboxylic acids is 1. The Bertz CT molecular complexity index is 923. The van der Waals surface area contributed by atoms with E-state index >= 15 is 0 Å². The van der Waals surface area contributed by atoms with Gasteiger partial charge in [0.05, 0.1) is 6.04 Å². The minimum atomic E-state index is -0.534. The predicted molar refractivity (Wildman–Crippen MR) is 109 cm³/mol. The predicted octanol–water partition coefficient (Wildman–Crippen LogP) is 4.85. The molecule has 1 amide bonds. The molecule has 5 nitrogen and oxygen atoms in total. The van der Waals surface area contributed by atoms with Gasteiger partial charge in [0.25, 0.3) is 0 Å². The van der Waals surface area contributed by atoms with Crippen molar-refractivity contribution < 1.29 is 9.53 Å². The normalized spacial score (nSPS) is 13.0. The second-order valence-corrected chi connectivity index (χ2v) is 7.38. The summed E-state index contributed by atoms with van der Waals surface area (Å²) < 4.78 is 5.35. The maximum Gasteiger partial charge on any atom is 0.407 e. The number of nitrogens with one attached hydrogen (secondary N) is 2. The number of rotatable bonds is 5. The van der Waals surface area contributed by atoms with Gasteiger partial charge >= 0.3 is 6.09 Å². The van der Waals surface area contributed by atoms with Crippen LogP contribution in [-0.2, 0) is 4.74 Å². The maximum absolute atomic E-state index is 12.1. The quantitative estimate of drug-likeness (QED) is 0.636. The van der Waals surface area contributed by atoms with E-state index in [0.717, 1.165) is 22.0 Å². The highest BCUT2D eigenvalue weighted by atomic mass is 16.6. The number of carbonyl (C=O) groups is 1. The SMILES string of the molecule is CC(C)(C)OC(=O)NCC(/N=C\c1ccccc1)c1c[nH]c2ccccc12. The number of H-pyrrole nitrogens is 1. The van der Waals surface area contributed by atoms with E-state index in [1.54, 1.807) is 0 Å². The topological polar surface area (TPSA) is 66.5 Å². The fourth-order valence-electron chi connectivity index (χ4n) is 2.82. The van der Waals surface area contributed by atoms with Crippen molar-refractivity contribution in [2.24, 2.45) is 4.99 Å². The van der Waals surface area contributed by atoms with E-state index in [1.165, 1.54) is 0 Å². The number of nitrogens with zero attached hydrogens (tertiary/aromatic N) is 1. The van der Waals surface area contributed by atoms with E-state index in [4.69, 9.17) is 9.73 Å². The lowest BCUT2D eigenvalue weighted by molar-refractivity contribution is 0.0525. The molecule has 0 aliphatic carbocycles. The molecule has 0 saturated heterocycles. The third kappa shape index (κ3) is 5.20. The first-order chi connectivity index (χ1) is 12.9. The number of hydrogen-bond donors (Lipinski definition) is 2. The Morgan fingerprint density at radius 2 is 1.85 bits per heavy atom. The van der Waals surface area contributed by atoms with Gasteiger partial charge in [0.2, 0.25) is 0 Å². The highest BCUT2D eigenvalue weighted by Gasteiger charge is 2.19. The van der Waals surface area contributed by atoms with Crippen LogP contribution in [0.2, 0.25) is 0 Å². The van der Waals surface area contributed by atoms with Crippen molar-refractivity contribution in [3.63, 3.8) is 0 Å². The molecule has 2 N–H and O–H groups in total. The van der Waals surface area contributed by atoms with Crippen LogP contribution in [-0.4, -0.2) is 29.4 Å². The number of aromatic nitrogens is 1. The second kappa shape index (κ2) is 8.08. The van der Waals surface area contributed by atoms with Crippen molar-refractivity contribution in [2.75, 3.05) is 6.54 Å². The molecule has 0 radical (unpaired) electrons. The summed E-state index contributed by atoms with van der Waals surface area (Å²) in [6.07, 6.45) is 3.35. The van der Waals surface area contributed by atoms with Crippen LogP contribution in [0.4, 0.5) is 4.79 Å². The van der Waals surface area contributed by atoms with Crippen molar-refractivity contribution in [1.29, 1.82) is 0 Å². The first-order valence-electron chi connectivity index (χ1n) is 9.03. The van der Waals surface area contributed by atoms with Crippen LogP contribution in [0.5, 0.6) is 0 Å². The molecule has 27 heavy (non-hydrogen) atoms. The van der Waals surface area contributed by atoms with Gasteiger partial charge in [0.1, 0.15) is 5.60 Å². The van der Waals surface area contributed by atoms with Gasteiger partial charge in [0.15, 0.2) is 0 Å². The van der Waals surface area contributed by atoms with Crippen molar-refractivity contribution in [3.05, 3.63) is 71.9 Å². The fourth-order valence-corrected chi connectivity index (χ4v) is 2.82. The second-order valence-electron chi connectivity index (χ2n) is 7.38. The summed E-state index contributed by atoms with van der Waals surface area (Å²) in [4.78, 5) is 20.1. The summed E-state index contributed by atoms with van der Waals surface area (Å²) in [7, 11) is 0. The third-order valence-corrected chi connectivity index (χ3v) is 4.02. The summed E-state index contributed by atoms with van der Waals surface area (Å²) in [5, 5.41) is 3.94. The van der Waals surface area contributed by atoms with Crippen LogP contribution in [0.15, 0.2) is 65.8 Å². The first kappa shape index (κ1) is 18.7. The van der Waals surface area contributed by atoms with E-state index in [-0.39, 0.29) is 6.04 Å². The van der Waals surface area contributed by atoms with Crippen LogP contribution < -0.4 is 5.32 Å². The maximum atomic E-state index is 12.1. The van der Waals surface area contributed by atoms with Gasteiger partial charge in [-0.2, -0.15) is 0 Å². The zero-order chi connectivity index (χ0) is 19.3. The number of para-hydroxylation sites is 1. The largest absolute Gasteiger partial charge is 0.444 e. The molecule has 0 spiro atoms. The van der Waals surface area contributed by atoms with Gasteiger partial charge in [-0.05, 0) is 32.4 Å². The monoisotopic (exact) mass is 363 g/mol. The van der Waals surface area contributed by atoms with Gasteiger partial charge in [-0.25, -0.2) is 4.79 Å². The summed E-state index contributed by atoms with van der Waals surface area (Å²) in [6, 6.07) is 17.8. The smallest absolute Gasteiger partial charge is 0.407 e. The molecule has 1 atom stereocenters. The minimum absolute atomic E-state index is 0.228. The van der Waals surface area contributed by atoms with Crippen LogP contribution >= 0.6 is 0 Å². The lowest BCUT2D eigenvalue weighted by Crippen LogP contribution is -2.34. The number of aliphatic imine (C=N–C) groups is 1. The number of hydrogen-bond acceptors (Lipinski definition) is 3. The number of benzene rings is 2. The Morgan fingerprint density at radius 1 is 1.15 bits per heavy atom. The summed E-state index contributed by atoms with van der Waals surface area (Å²) in [6.45, 7) is 5.88. The fraction of sp³-hybridized carbons (Fsp3) is 0.273. The van der Waals surface area contributed by atoms with Gasteiger partial charge in [0, 0.05) is 35.4 Å². The van der Waals surface area contributed by atoms with Crippen LogP contribution in [0.3, 0.4) is 0 Å². The van der Waals surface area contributed by atoms with E-state index in [0.29, 0.717) is 6.54 Å². The zero-order valence-corrected chi connectivity index (χ0v) is 15.9. The first-order valence-corrected chi connectivity index (χ1v) is 9.03. The highest BCUT2D eigenvalue weighted by Crippen LogP contribution is 2.26. The van der Waals surface area contributed by atoms with Crippen molar-refractivity contribution in [1.82, 2.24) is 10.3 Å². The van der Waals surface area contributed by atoms with Crippen molar-refractivity contribution in [3.8, 4) is 0 Å². The summed E-state index contributed by atoms with van der Waals surface area (Å²) in [5.74, 6) is 0. The summed E-state index contributed by atoms with van der Waals surface area (Å²) >= 11 is 0. The standard InChI is InChI=1S/C22H25N3O2/c1-22(2,3)27-21(26)25-15-20(23-13-16-9-5-4-6-10-16)18-14-24-19-12-8-7-11-17(18)19/h4-14,20,24H,15H2,1-3H3,(H,25,26)/b23-13-. The molecule has 0 saturated carbocycles. The molecule has 3 rings (SSSR count). The molecule has 1 unspecified atom stereocenters. The Kier molecular flexibility index (Phi) is 5.60. The van der Waals surface area contributed by atoms with E-state index in [1.807, 2.05) is 81.7 Å². The molecule has 0 bridgehead atoms. The van der Waals surface area contributed by atoms with Crippen LogP contribution in [0.1, 0.15) is 37.9 Å². The zero-order valence-electron chi connectivity index (χ0n) is 15.9. The molecule has 0 aliphatic heterocycles. The number of alkyl carbamates (subject to hydrolysis) is 1. The molecule has 5 heteroatoms. The molecule has 2 aromatic carbocycles. The number of ether oxygens (including phenoxy) is 1. The Balaban J connectivity index is 1.83. The third-order valence-electron chi connectivity index (χ3n) is 4.02. The lowest BCUT2D eigenvalue weighted by atomic mass is 10.1. The Hall–Kier alpha value is -3.08. The van der Waals surface area contributed by atoms with Crippen molar-refractivity contribution >= 4 is 23.2 Å². The van der Waals surface area contributed by atoms with E-state index in [9.17, 15) is 4.79 Å². The van der Waals surface area contributed by atoms with Gasteiger partial charge in [-0.3, -0.25) is 4.99 Å². The van der Waals surface area contributed by atoms with Crippen LogP contribution in [0.25, 0.3) is 10.9 Å². The van der Waals surface area contributed by atoms with Gasteiger partial charge in [-0.15, -0.1) is 0 Å². The van der Waals surface area contributed by atoms with Crippen molar-refractivity contribution in [2.45, 2.75) is 32.4 Å². The highest BCUT2D eigenvalue weighted by molar-refractivity contribution is 5.85. The van der Waals surface area contributed by atoms with E-state index in [2.05, 4.69) is 16.4 Å². The van der Waals surface area contributed by atoms with Gasteiger partial charge < -0.3 is 15.0 Å². The molecule has 0 aliphatic rings. The number of aromatic amines is 1. The lowest BCUT2D eigenvalue weighted by Gasteiger charge is -2.21. The Labute approximate surface area is 159 Å². The van der Waals surface area contributed by atoms with Crippen LogP contribution in [0, 0.1) is 0 Å². The van der Waals surface area contributed by atoms with E-state index < -0.39 is 11.7 Å². The Morgan fingerprint density at radius 3 is 2.59 bits per heavy atom. The molecule has 0 fully saturated rings. The summed E-state index contributed by atoms with van der Waals surface area (Å²) in [5.41, 5.74) is 2.56. The number of fused-ring (bicyclic) bond motifs is 1. The molecule has 1 heterocycles. The average molecular weight is 363 g/mol. The average Bonchev–Trinajstić information content (AvgIpc) is 3.05. The molecule has 3 aromatic rings. The molecule has 140 valence electrons. The number of amides is 1. The minimum Gasteiger partial charge on any atom is -0.444 e. The molecular weight excluding hydrogens is 338 g/mol. The molecule has 1 aromatic heterocycles. The van der Waals surface area contributed by atoms with Gasteiger partial charge in [-0.1, -0.05) is 48.5 Å². The molecular formula is C22H25N3O2.